The number of halogens is 1. The molecule has 1 aromatic rings. The van der Waals surface area contributed by atoms with Crippen LogP contribution in [0.2, 0.25) is 5.02 Å². The molecule has 1 aliphatic heterocycles. The van der Waals surface area contributed by atoms with Gasteiger partial charge in [0.2, 0.25) is 5.91 Å². The Bertz CT molecular complexity index is 508. The number of nitrogens with zero attached hydrogens (tertiary/aromatic N) is 2. The molecule has 19 heavy (non-hydrogen) atoms. The van der Waals surface area contributed by atoms with Crippen molar-refractivity contribution in [1.82, 2.24) is 9.80 Å². The van der Waals surface area contributed by atoms with E-state index in [0.717, 1.165) is 0 Å². The van der Waals surface area contributed by atoms with Crippen molar-refractivity contribution in [3.05, 3.63) is 47.5 Å². The van der Waals surface area contributed by atoms with E-state index >= 15 is 0 Å². The van der Waals surface area contributed by atoms with Crippen LogP contribution in [0.15, 0.2) is 36.9 Å². The van der Waals surface area contributed by atoms with Crippen LogP contribution in [-0.4, -0.2) is 47.8 Å². The van der Waals surface area contributed by atoms with Gasteiger partial charge < -0.3 is 9.80 Å². The molecule has 100 valence electrons. The molecule has 1 heterocycles. The van der Waals surface area contributed by atoms with Gasteiger partial charge in [0.05, 0.1) is 0 Å². The van der Waals surface area contributed by atoms with E-state index in [1.165, 1.54) is 6.08 Å². The molecule has 0 radical (unpaired) electrons. The van der Waals surface area contributed by atoms with Crippen LogP contribution in [0.4, 0.5) is 0 Å². The fourth-order valence-corrected chi connectivity index (χ4v) is 2.25. The van der Waals surface area contributed by atoms with Crippen LogP contribution >= 0.6 is 11.6 Å². The SMILES string of the molecule is C=CC(=O)N1CCN(C(=O)c2cccc(Cl)c2)CC1. The lowest BCUT2D eigenvalue weighted by Crippen LogP contribution is -2.50. The number of piperazine rings is 1. The van der Waals surface area contributed by atoms with E-state index < -0.39 is 0 Å². The van der Waals surface area contributed by atoms with Crippen LogP contribution in [0.1, 0.15) is 10.4 Å². The molecule has 0 atom stereocenters. The Labute approximate surface area is 117 Å². The summed E-state index contributed by atoms with van der Waals surface area (Å²) in [6, 6.07) is 6.90. The van der Waals surface area contributed by atoms with Crippen molar-refractivity contribution in [2.75, 3.05) is 26.2 Å². The Kier molecular flexibility index (Phi) is 4.22. The molecule has 0 unspecified atom stereocenters. The molecule has 1 aromatic carbocycles. The van der Waals surface area contributed by atoms with E-state index in [-0.39, 0.29) is 11.8 Å². The number of hydrogen-bond donors (Lipinski definition) is 0. The number of hydrogen-bond acceptors (Lipinski definition) is 2. The van der Waals surface area contributed by atoms with E-state index in [9.17, 15) is 9.59 Å². The Morgan fingerprint density at radius 1 is 1.16 bits per heavy atom. The molecular formula is C14H15ClN2O2. The molecule has 2 amide bonds. The summed E-state index contributed by atoms with van der Waals surface area (Å²) in [5.74, 6) is -0.136. The van der Waals surface area contributed by atoms with Crippen LogP contribution in [-0.2, 0) is 4.79 Å². The zero-order valence-electron chi connectivity index (χ0n) is 10.5. The molecule has 4 nitrogen and oxygen atoms in total. The van der Waals surface area contributed by atoms with Gasteiger partial charge in [0.25, 0.3) is 5.91 Å². The molecular weight excluding hydrogens is 264 g/mol. The molecule has 0 aromatic heterocycles. The molecule has 2 rings (SSSR count). The highest BCUT2D eigenvalue weighted by Crippen LogP contribution is 2.14. The second-order valence-corrected chi connectivity index (χ2v) is 4.77. The monoisotopic (exact) mass is 278 g/mol. The van der Waals surface area contributed by atoms with Crippen LogP contribution < -0.4 is 0 Å². The Morgan fingerprint density at radius 3 is 2.37 bits per heavy atom. The first-order chi connectivity index (χ1) is 9.11. The van der Waals surface area contributed by atoms with E-state index in [0.29, 0.717) is 36.8 Å². The van der Waals surface area contributed by atoms with Crippen molar-refractivity contribution in [1.29, 1.82) is 0 Å². The third-order valence-corrected chi connectivity index (χ3v) is 3.36. The first kappa shape index (κ1) is 13.6. The highest BCUT2D eigenvalue weighted by Gasteiger charge is 2.23. The third kappa shape index (κ3) is 3.15. The maximum atomic E-state index is 12.2. The summed E-state index contributed by atoms with van der Waals surface area (Å²) in [7, 11) is 0. The van der Waals surface area contributed by atoms with Gasteiger partial charge in [0.15, 0.2) is 0 Å². The van der Waals surface area contributed by atoms with Crippen LogP contribution in [0.5, 0.6) is 0 Å². The summed E-state index contributed by atoms with van der Waals surface area (Å²) in [6.45, 7) is 5.60. The number of benzene rings is 1. The Hall–Kier alpha value is -1.81. The Balaban J connectivity index is 2.00. The van der Waals surface area contributed by atoms with Crippen molar-refractivity contribution in [2.24, 2.45) is 0 Å². The largest absolute Gasteiger partial charge is 0.336 e. The molecule has 1 aliphatic rings. The zero-order chi connectivity index (χ0) is 13.8. The fourth-order valence-electron chi connectivity index (χ4n) is 2.06. The second-order valence-electron chi connectivity index (χ2n) is 4.33. The van der Waals surface area contributed by atoms with Gasteiger partial charge in [-0.3, -0.25) is 9.59 Å². The quantitative estimate of drug-likeness (QED) is 0.774. The minimum atomic E-state index is -0.0881. The first-order valence-corrected chi connectivity index (χ1v) is 6.46. The zero-order valence-corrected chi connectivity index (χ0v) is 11.3. The topological polar surface area (TPSA) is 40.6 Å². The maximum Gasteiger partial charge on any atom is 0.254 e. The van der Waals surface area contributed by atoms with Gasteiger partial charge in [0, 0.05) is 36.8 Å². The standard InChI is InChI=1S/C14H15ClN2O2/c1-2-13(18)16-6-8-17(9-7-16)14(19)11-4-3-5-12(15)10-11/h2-5,10H,1,6-9H2. The lowest BCUT2D eigenvalue weighted by Gasteiger charge is -2.34. The average molecular weight is 279 g/mol. The van der Waals surface area contributed by atoms with E-state index in [4.69, 9.17) is 11.6 Å². The van der Waals surface area contributed by atoms with Gasteiger partial charge in [-0.15, -0.1) is 0 Å². The molecule has 0 spiro atoms. The maximum absolute atomic E-state index is 12.2. The van der Waals surface area contributed by atoms with Gasteiger partial charge in [-0.25, -0.2) is 0 Å². The number of rotatable bonds is 2. The smallest absolute Gasteiger partial charge is 0.254 e. The lowest BCUT2D eigenvalue weighted by atomic mass is 10.2. The molecule has 0 aliphatic carbocycles. The summed E-state index contributed by atoms with van der Waals surface area (Å²) in [5, 5.41) is 0.548. The summed E-state index contributed by atoms with van der Waals surface area (Å²) in [6.07, 6.45) is 1.30. The minimum Gasteiger partial charge on any atom is -0.336 e. The van der Waals surface area contributed by atoms with Crippen LogP contribution in [0.3, 0.4) is 0 Å². The highest BCUT2D eigenvalue weighted by molar-refractivity contribution is 6.30. The van der Waals surface area contributed by atoms with Crippen LogP contribution in [0.25, 0.3) is 0 Å². The van der Waals surface area contributed by atoms with Crippen molar-refractivity contribution in [3.8, 4) is 0 Å². The van der Waals surface area contributed by atoms with E-state index in [2.05, 4.69) is 6.58 Å². The van der Waals surface area contributed by atoms with Crippen molar-refractivity contribution < 1.29 is 9.59 Å². The molecule has 0 bridgehead atoms. The highest BCUT2D eigenvalue weighted by atomic mass is 35.5. The summed E-state index contributed by atoms with van der Waals surface area (Å²) < 4.78 is 0. The summed E-state index contributed by atoms with van der Waals surface area (Å²) in [5.41, 5.74) is 0.580. The van der Waals surface area contributed by atoms with Gasteiger partial charge >= 0.3 is 0 Å². The molecule has 0 saturated carbocycles. The second kappa shape index (κ2) is 5.89. The van der Waals surface area contributed by atoms with Gasteiger partial charge in [0.1, 0.15) is 0 Å². The summed E-state index contributed by atoms with van der Waals surface area (Å²) >= 11 is 5.88. The van der Waals surface area contributed by atoms with Crippen molar-refractivity contribution in [3.63, 3.8) is 0 Å². The predicted molar refractivity (Wildman–Crippen MR) is 74.1 cm³/mol. The average Bonchev–Trinajstić information content (AvgIpc) is 2.46. The molecule has 1 saturated heterocycles. The van der Waals surface area contributed by atoms with E-state index in [1.807, 2.05) is 0 Å². The normalized spacial score (nSPS) is 15.2. The fraction of sp³-hybridized carbons (Fsp3) is 0.286. The van der Waals surface area contributed by atoms with Gasteiger partial charge in [-0.05, 0) is 24.3 Å². The van der Waals surface area contributed by atoms with Crippen molar-refractivity contribution >= 4 is 23.4 Å². The lowest BCUT2D eigenvalue weighted by molar-refractivity contribution is -0.127. The molecule has 1 fully saturated rings. The van der Waals surface area contributed by atoms with E-state index in [1.54, 1.807) is 34.1 Å². The number of carbonyl (C=O) groups is 2. The molecule has 5 heteroatoms. The van der Waals surface area contributed by atoms with Gasteiger partial charge in [-0.2, -0.15) is 0 Å². The predicted octanol–water partition coefficient (Wildman–Crippen LogP) is 1.81. The van der Waals surface area contributed by atoms with Crippen molar-refractivity contribution in [2.45, 2.75) is 0 Å². The third-order valence-electron chi connectivity index (χ3n) is 3.12. The summed E-state index contributed by atoms with van der Waals surface area (Å²) in [4.78, 5) is 27.1. The minimum absolute atomic E-state index is 0.0480. The van der Waals surface area contributed by atoms with Gasteiger partial charge in [-0.1, -0.05) is 24.2 Å². The number of carbonyl (C=O) groups excluding carboxylic acids is 2. The van der Waals surface area contributed by atoms with Crippen LogP contribution in [0, 0.1) is 0 Å². The Morgan fingerprint density at radius 2 is 1.79 bits per heavy atom. The first-order valence-electron chi connectivity index (χ1n) is 6.08. The molecule has 0 N–H and O–H groups in total. The number of amides is 2.